The number of rotatable bonds is 10. The molecule has 3 rings (SSSR count). The SMILES string of the molecule is CN[C@@H](C)C(=O)N[C@H](C(=O)N1CCC[C@H]1CN(CCc1ccccc1)C(=O)c1ccc[nH]1)C(C)(C)C. The highest BCUT2D eigenvalue weighted by Gasteiger charge is 2.40. The molecular weight excluding hydrogens is 454 g/mol. The van der Waals surface area contributed by atoms with Crippen LogP contribution in [0.3, 0.4) is 0 Å². The number of carbonyl (C=O) groups is 3. The van der Waals surface area contributed by atoms with Gasteiger partial charge in [-0.15, -0.1) is 0 Å². The third kappa shape index (κ3) is 6.97. The Hall–Kier alpha value is -3.13. The highest BCUT2D eigenvalue weighted by atomic mass is 16.2. The van der Waals surface area contributed by atoms with Gasteiger partial charge in [-0.3, -0.25) is 14.4 Å². The van der Waals surface area contributed by atoms with Crippen molar-refractivity contribution in [2.45, 2.75) is 65.1 Å². The molecule has 196 valence electrons. The van der Waals surface area contributed by atoms with Crippen molar-refractivity contribution >= 4 is 17.7 Å². The molecule has 1 fully saturated rings. The number of likely N-dealkylation sites (N-methyl/N-ethyl adjacent to an activating group) is 1. The molecule has 0 saturated carbocycles. The lowest BCUT2D eigenvalue weighted by molar-refractivity contribution is -0.140. The average molecular weight is 496 g/mol. The van der Waals surface area contributed by atoms with Gasteiger partial charge in [-0.25, -0.2) is 0 Å². The van der Waals surface area contributed by atoms with Crippen molar-refractivity contribution in [3.8, 4) is 0 Å². The van der Waals surface area contributed by atoms with E-state index in [0.29, 0.717) is 25.3 Å². The molecule has 3 N–H and O–H groups in total. The van der Waals surface area contributed by atoms with Crippen molar-refractivity contribution in [3.05, 3.63) is 59.9 Å². The number of nitrogens with one attached hydrogen (secondary N) is 3. The van der Waals surface area contributed by atoms with E-state index in [1.54, 1.807) is 26.2 Å². The van der Waals surface area contributed by atoms with E-state index in [0.717, 1.165) is 24.8 Å². The number of hydrogen-bond donors (Lipinski definition) is 3. The maximum Gasteiger partial charge on any atom is 0.270 e. The van der Waals surface area contributed by atoms with Gasteiger partial charge in [0, 0.05) is 31.9 Å². The van der Waals surface area contributed by atoms with E-state index < -0.39 is 17.5 Å². The first-order valence-corrected chi connectivity index (χ1v) is 12.9. The topological polar surface area (TPSA) is 97.5 Å². The Balaban J connectivity index is 1.78. The van der Waals surface area contributed by atoms with Gasteiger partial charge in [0.2, 0.25) is 11.8 Å². The Kier molecular flexibility index (Phi) is 9.31. The predicted octanol–water partition coefficient (Wildman–Crippen LogP) is 2.83. The fourth-order valence-corrected chi connectivity index (χ4v) is 4.60. The summed E-state index contributed by atoms with van der Waals surface area (Å²) in [7, 11) is 1.72. The number of H-pyrrole nitrogens is 1. The van der Waals surface area contributed by atoms with Gasteiger partial charge in [0.15, 0.2) is 0 Å². The zero-order chi connectivity index (χ0) is 26.3. The monoisotopic (exact) mass is 495 g/mol. The number of aromatic nitrogens is 1. The van der Waals surface area contributed by atoms with Gasteiger partial charge >= 0.3 is 0 Å². The first-order valence-electron chi connectivity index (χ1n) is 12.9. The smallest absolute Gasteiger partial charge is 0.270 e. The second-order valence-electron chi connectivity index (χ2n) is 10.7. The second kappa shape index (κ2) is 12.2. The Morgan fingerprint density at radius 3 is 2.47 bits per heavy atom. The first-order chi connectivity index (χ1) is 17.1. The minimum atomic E-state index is -0.654. The van der Waals surface area contributed by atoms with Crippen LogP contribution in [-0.2, 0) is 16.0 Å². The lowest BCUT2D eigenvalue weighted by atomic mass is 9.85. The summed E-state index contributed by atoms with van der Waals surface area (Å²) in [5.41, 5.74) is 1.25. The molecule has 3 atom stereocenters. The standard InChI is InChI=1S/C28H41N5O3/c1-20(29-5)25(34)31-24(28(2,3)4)27(36)33-17-10-13-22(33)19-32(26(35)23-14-9-16-30-23)18-15-21-11-7-6-8-12-21/h6-9,11-12,14,16,20,22,24,29-30H,10,13,15,17-19H2,1-5H3,(H,31,34)/t20-,22-,24+/m0/s1. The van der Waals surface area contributed by atoms with Crippen LogP contribution in [0.4, 0.5) is 0 Å². The molecule has 0 aliphatic carbocycles. The van der Waals surface area contributed by atoms with Crippen LogP contribution in [0.5, 0.6) is 0 Å². The first kappa shape index (κ1) is 27.5. The Labute approximate surface area is 214 Å². The molecule has 1 aromatic heterocycles. The van der Waals surface area contributed by atoms with E-state index >= 15 is 0 Å². The Morgan fingerprint density at radius 1 is 1.14 bits per heavy atom. The third-order valence-corrected chi connectivity index (χ3v) is 6.95. The summed E-state index contributed by atoms with van der Waals surface area (Å²) in [5.74, 6) is -0.358. The quantitative estimate of drug-likeness (QED) is 0.472. The van der Waals surface area contributed by atoms with Crippen molar-refractivity contribution in [1.82, 2.24) is 25.4 Å². The van der Waals surface area contributed by atoms with Crippen molar-refractivity contribution in [2.24, 2.45) is 5.41 Å². The number of carbonyl (C=O) groups excluding carboxylic acids is 3. The van der Waals surface area contributed by atoms with Gasteiger partial charge in [-0.05, 0) is 56.3 Å². The molecule has 8 heteroatoms. The van der Waals surface area contributed by atoms with Crippen LogP contribution in [0.1, 0.15) is 56.6 Å². The van der Waals surface area contributed by atoms with Crippen molar-refractivity contribution in [3.63, 3.8) is 0 Å². The molecule has 36 heavy (non-hydrogen) atoms. The number of hydrogen-bond acceptors (Lipinski definition) is 4. The lowest BCUT2D eigenvalue weighted by Crippen LogP contribution is -2.59. The number of benzene rings is 1. The summed E-state index contributed by atoms with van der Waals surface area (Å²) < 4.78 is 0. The minimum Gasteiger partial charge on any atom is -0.357 e. The van der Waals surface area contributed by atoms with Crippen molar-refractivity contribution < 1.29 is 14.4 Å². The van der Waals surface area contributed by atoms with Crippen LogP contribution < -0.4 is 10.6 Å². The minimum absolute atomic E-state index is 0.0706. The van der Waals surface area contributed by atoms with Crippen LogP contribution in [0.2, 0.25) is 0 Å². The van der Waals surface area contributed by atoms with E-state index in [9.17, 15) is 14.4 Å². The number of nitrogens with zero attached hydrogens (tertiary/aromatic N) is 2. The van der Waals surface area contributed by atoms with Gasteiger partial charge in [-0.2, -0.15) is 0 Å². The molecule has 0 unspecified atom stereocenters. The number of aromatic amines is 1. The summed E-state index contributed by atoms with van der Waals surface area (Å²) >= 11 is 0. The molecule has 0 bridgehead atoms. The summed E-state index contributed by atoms with van der Waals surface area (Å²) in [5, 5.41) is 5.91. The molecule has 1 aliphatic rings. The van der Waals surface area contributed by atoms with Gasteiger partial charge in [0.05, 0.1) is 6.04 Å². The predicted molar refractivity (Wildman–Crippen MR) is 141 cm³/mol. The third-order valence-electron chi connectivity index (χ3n) is 6.95. The van der Waals surface area contributed by atoms with Crippen LogP contribution >= 0.6 is 0 Å². The molecule has 0 radical (unpaired) electrons. The van der Waals surface area contributed by atoms with Crippen molar-refractivity contribution in [1.29, 1.82) is 0 Å². The molecule has 2 aromatic rings. The summed E-state index contributed by atoms with van der Waals surface area (Å²) in [6, 6.07) is 12.5. The highest BCUT2D eigenvalue weighted by Crippen LogP contribution is 2.26. The largest absolute Gasteiger partial charge is 0.357 e. The average Bonchev–Trinajstić information content (AvgIpc) is 3.56. The van der Waals surface area contributed by atoms with E-state index in [4.69, 9.17) is 0 Å². The molecule has 1 aromatic carbocycles. The van der Waals surface area contributed by atoms with E-state index in [-0.39, 0.29) is 23.8 Å². The normalized spacial score (nSPS) is 17.5. The summed E-state index contributed by atoms with van der Waals surface area (Å²) in [6.07, 6.45) is 4.17. The fraction of sp³-hybridized carbons (Fsp3) is 0.536. The number of likely N-dealkylation sites (tertiary alicyclic amines) is 1. The highest BCUT2D eigenvalue weighted by molar-refractivity contribution is 5.93. The Morgan fingerprint density at radius 2 is 1.86 bits per heavy atom. The Bertz CT molecular complexity index is 1000. The summed E-state index contributed by atoms with van der Waals surface area (Å²) in [4.78, 5) is 46.6. The van der Waals surface area contributed by atoms with Gasteiger partial charge < -0.3 is 25.4 Å². The van der Waals surface area contributed by atoms with Gasteiger partial charge in [0.25, 0.3) is 5.91 Å². The molecule has 3 amide bonds. The number of amides is 3. The molecule has 1 saturated heterocycles. The molecule has 1 aliphatic heterocycles. The van der Waals surface area contributed by atoms with Crippen LogP contribution in [0.25, 0.3) is 0 Å². The van der Waals surface area contributed by atoms with Crippen LogP contribution in [0, 0.1) is 5.41 Å². The van der Waals surface area contributed by atoms with Crippen molar-refractivity contribution in [2.75, 3.05) is 26.7 Å². The second-order valence-corrected chi connectivity index (χ2v) is 10.7. The van der Waals surface area contributed by atoms with Gasteiger partial charge in [-0.1, -0.05) is 51.1 Å². The zero-order valence-corrected chi connectivity index (χ0v) is 22.2. The maximum atomic E-state index is 13.8. The zero-order valence-electron chi connectivity index (χ0n) is 22.2. The van der Waals surface area contributed by atoms with E-state index in [1.807, 2.05) is 54.8 Å². The maximum absolute atomic E-state index is 13.8. The lowest BCUT2D eigenvalue weighted by Gasteiger charge is -2.37. The van der Waals surface area contributed by atoms with Gasteiger partial charge in [0.1, 0.15) is 11.7 Å². The molecule has 2 heterocycles. The molecule has 0 spiro atoms. The molecular formula is C28H41N5O3. The van der Waals surface area contributed by atoms with Crippen LogP contribution in [-0.4, -0.2) is 77.3 Å². The summed E-state index contributed by atoms with van der Waals surface area (Å²) in [6.45, 7) is 9.29. The van der Waals surface area contributed by atoms with Crippen LogP contribution in [0.15, 0.2) is 48.7 Å². The van der Waals surface area contributed by atoms with E-state index in [2.05, 4.69) is 27.8 Å². The van der Waals surface area contributed by atoms with E-state index in [1.165, 1.54) is 0 Å². The fourth-order valence-electron chi connectivity index (χ4n) is 4.60. The molecule has 8 nitrogen and oxygen atoms in total.